The van der Waals surface area contributed by atoms with Crippen LogP contribution in [0.3, 0.4) is 0 Å². The van der Waals surface area contributed by atoms with Gasteiger partial charge in [-0.1, -0.05) is 23.7 Å². The molecule has 1 aromatic rings. The molecular weight excluding hydrogens is 226 g/mol. The summed E-state index contributed by atoms with van der Waals surface area (Å²) < 4.78 is 22.1. The molecule has 14 heavy (non-hydrogen) atoms. The number of rotatable bonds is 3. The van der Waals surface area contributed by atoms with Gasteiger partial charge in [-0.25, -0.2) is 8.42 Å². The van der Waals surface area contributed by atoms with Gasteiger partial charge in [-0.3, -0.25) is 0 Å². The van der Waals surface area contributed by atoms with Crippen molar-refractivity contribution in [2.45, 2.75) is 10.4 Å². The summed E-state index contributed by atoms with van der Waals surface area (Å²) in [6.45, 7) is 0. The monoisotopic (exact) mass is 233 g/mol. The Morgan fingerprint density at radius 2 is 1.79 bits per heavy atom. The Morgan fingerprint density at radius 1 is 1.29 bits per heavy atom. The minimum Gasteiger partial charge on any atom is -0.224 e. The van der Waals surface area contributed by atoms with Crippen LogP contribution in [0, 0.1) is 4.91 Å². The van der Waals surface area contributed by atoms with Crippen molar-refractivity contribution in [1.82, 2.24) is 0 Å². The average Bonchev–Trinajstić information content (AvgIpc) is 2.15. The van der Waals surface area contributed by atoms with Crippen LogP contribution in [0.25, 0.3) is 0 Å². The molecule has 1 aromatic carbocycles. The third-order valence-electron chi connectivity index (χ3n) is 1.68. The fraction of sp³-hybridized carbons (Fsp3) is 0.250. The van der Waals surface area contributed by atoms with Crippen molar-refractivity contribution in [3.8, 4) is 0 Å². The van der Waals surface area contributed by atoms with Gasteiger partial charge in [-0.2, -0.15) is 0 Å². The maximum absolute atomic E-state index is 11.1. The van der Waals surface area contributed by atoms with E-state index in [1.165, 1.54) is 24.3 Å². The van der Waals surface area contributed by atoms with Gasteiger partial charge in [0.25, 0.3) is 0 Å². The second kappa shape index (κ2) is 4.06. The molecule has 4 nitrogen and oxygen atoms in total. The van der Waals surface area contributed by atoms with E-state index in [0.717, 1.165) is 6.26 Å². The molecule has 0 bridgehead atoms. The van der Waals surface area contributed by atoms with E-state index in [1.54, 1.807) is 0 Å². The Bertz CT molecular complexity index is 426. The molecule has 0 saturated carbocycles. The molecule has 0 aliphatic rings. The van der Waals surface area contributed by atoms with Crippen LogP contribution in [0.1, 0.15) is 11.1 Å². The van der Waals surface area contributed by atoms with E-state index >= 15 is 0 Å². The molecule has 1 atom stereocenters. The van der Waals surface area contributed by atoms with Crippen molar-refractivity contribution in [1.29, 1.82) is 0 Å². The molecule has 0 spiro atoms. The maximum atomic E-state index is 11.1. The van der Waals surface area contributed by atoms with Gasteiger partial charge in [-0.15, -0.1) is 4.91 Å². The predicted molar refractivity (Wildman–Crippen MR) is 53.9 cm³/mol. The van der Waals surface area contributed by atoms with Gasteiger partial charge in [0.1, 0.15) is 0 Å². The number of hydrogen-bond acceptors (Lipinski definition) is 4. The molecular formula is C8H8ClNO3S. The predicted octanol–water partition coefficient (Wildman–Crippen LogP) is 2.09. The van der Waals surface area contributed by atoms with Crippen LogP contribution in [0.15, 0.2) is 34.3 Å². The van der Waals surface area contributed by atoms with Crippen molar-refractivity contribution in [3.63, 3.8) is 0 Å². The van der Waals surface area contributed by atoms with Crippen LogP contribution >= 0.6 is 11.6 Å². The highest BCUT2D eigenvalue weighted by Gasteiger charge is 2.10. The summed E-state index contributed by atoms with van der Waals surface area (Å²) in [6.07, 6.45) is 1.11. The van der Waals surface area contributed by atoms with Gasteiger partial charge in [-0.05, 0) is 22.9 Å². The van der Waals surface area contributed by atoms with E-state index in [1.807, 2.05) is 0 Å². The lowest BCUT2D eigenvalue weighted by Crippen LogP contribution is -1.97. The highest BCUT2D eigenvalue weighted by Crippen LogP contribution is 2.22. The minimum absolute atomic E-state index is 0.191. The second-order valence-corrected chi connectivity index (χ2v) is 5.21. The zero-order chi connectivity index (χ0) is 10.8. The third-order valence-corrected chi connectivity index (χ3v) is 3.14. The van der Waals surface area contributed by atoms with Crippen molar-refractivity contribution in [2.24, 2.45) is 5.18 Å². The van der Waals surface area contributed by atoms with Crippen LogP contribution in [0.2, 0.25) is 0 Å². The van der Waals surface area contributed by atoms with E-state index in [0.29, 0.717) is 5.56 Å². The summed E-state index contributed by atoms with van der Waals surface area (Å²) in [4.78, 5) is 10.3. The van der Waals surface area contributed by atoms with E-state index in [4.69, 9.17) is 11.6 Å². The van der Waals surface area contributed by atoms with E-state index in [-0.39, 0.29) is 4.90 Å². The summed E-state index contributed by atoms with van der Waals surface area (Å²) in [5.74, 6) is 0. The van der Waals surface area contributed by atoms with Crippen molar-refractivity contribution >= 4 is 21.4 Å². The minimum atomic E-state index is -3.20. The van der Waals surface area contributed by atoms with Crippen LogP contribution in [-0.4, -0.2) is 14.7 Å². The lowest BCUT2D eigenvalue weighted by Gasteiger charge is -2.02. The fourth-order valence-electron chi connectivity index (χ4n) is 0.935. The Hall–Kier alpha value is -0.940. The first-order valence-electron chi connectivity index (χ1n) is 3.71. The highest BCUT2D eigenvalue weighted by atomic mass is 35.5. The highest BCUT2D eigenvalue weighted by molar-refractivity contribution is 7.90. The smallest absolute Gasteiger partial charge is 0.190 e. The molecule has 1 rings (SSSR count). The van der Waals surface area contributed by atoms with Crippen molar-refractivity contribution < 1.29 is 8.42 Å². The number of nitrogens with zero attached hydrogens (tertiary/aromatic N) is 1. The molecule has 0 amide bonds. The maximum Gasteiger partial charge on any atom is 0.190 e. The average molecular weight is 234 g/mol. The number of benzene rings is 1. The lowest BCUT2D eigenvalue weighted by molar-refractivity contribution is 0.602. The van der Waals surface area contributed by atoms with Crippen LogP contribution in [0.5, 0.6) is 0 Å². The number of hydrogen-bond donors (Lipinski definition) is 0. The van der Waals surface area contributed by atoms with E-state index in [9.17, 15) is 13.3 Å². The first-order chi connectivity index (χ1) is 6.45. The van der Waals surface area contributed by atoms with Crippen LogP contribution < -0.4 is 0 Å². The largest absolute Gasteiger partial charge is 0.224 e. The molecule has 0 fully saturated rings. The topological polar surface area (TPSA) is 63.6 Å². The second-order valence-electron chi connectivity index (χ2n) is 2.78. The SMILES string of the molecule is CS(=O)(=O)c1ccc(C(Cl)N=O)cc1. The molecule has 0 aromatic heterocycles. The molecule has 76 valence electrons. The zero-order valence-corrected chi connectivity index (χ0v) is 8.92. The number of halogens is 1. The molecule has 0 saturated heterocycles. The molecule has 0 aliphatic carbocycles. The standard InChI is InChI=1S/C8H8ClNO3S/c1-14(12,13)7-4-2-6(3-5-7)8(9)10-11/h2-5,8H,1H3. The zero-order valence-electron chi connectivity index (χ0n) is 7.34. The van der Waals surface area contributed by atoms with Gasteiger partial charge in [0.05, 0.1) is 4.90 Å². The molecule has 0 N–H and O–H groups in total. The Kier molecular flexibility index (Phi) is 3.23. The summed E-state index contributed by atoms with van der Waals surface area (Å²) >= 11 is 5.53. The number of alkyl halides is 1. The van der Waals surface area contributed by atoms with Gasteiger partial charge in [0.15, 0.2) is 15.3 Å². The van der Waals surface area contributed by atoms with Gasteiger partial charge < -0.3 is 0 Å². The molecule has 1 unspecified atom stereocenters. The quantitative estimate of drug-likeness (QED) is 0.456. The molecule has 0 aliphatic heterocycles. The summed E-state index contributed by atoms with van der Waals surface area (Å²) in [5, 5.41) is 2.62. The summed E-state index contributed by atoms with van der Waals surface area (Å²) in [7, 11) is -3.20. The normalized spacial score (nSPS) is 13.6. The van der Waals surface area contributed by atoms with E-state index in [2.05, 4.69) is 5.18 Å². The first-order valence-corrected chi connectivity index (χ1v) is 6.04. The fourth-order valence-corrected chi connectivity index (χ4v) is 1.71. The van der Waals surface area contributed by atoms with Gasteiger partial charge in [0, 0.05) is 6.26 Å². The first kappa shape index (κ1) is 11.1. The third kappa shape index (κ3) is 2.52. The molecule has 0 heterocycles. The van der Waals surface area contributed by atoms with Crippen molar-refractivity contribution in [3.05, 3.63) is 34.7 Å². The Morgan fingerprint density at radius 3 is 2.14 bits per heavy atom. The van der Waals surface area contributed by atoms with Crippen LogP contribution in [0.4, 0.5) is 0 Å². The Balaban J connectivity index is 3.07. The summed E-state index contributed by atoms with van der Waals surface area (Å²) in [5.41, 5.74) is -0.488. The molecule has 0 radical (unpaired) electrons. The molecule has 6 heteroatoms. The van der Waals surface area contributed by atoms with Crippen molar-refractivity contribution in [2.75, 3.05) is 6.26 Å². The van der Waals surface area contributed by atoms with Gasteiger partial charge in [0.2, 0.25) is 0 Å². The van der Waals surface area contributed by atoms with Gasteiger partial charge >= 0.3 is 0 Å². The number of nitroso groups, excluding NO2 is 1. The lowest BCUT2D eigenvalue weighted by atomic mass is 10.2. The number of sulfone groups is 1. The van der Waals surface area contributed by atoms with Crippen LogP contribution in [-0.2, 0) is 9.84 Å². The summed E-state index contributed by atoms with van der Waals surface area (Å²) in [6, 6.07) is 5.72. The van der Waals surface area contributed by atoms with E-state index < -0.39 is 15.3 Å². The Labute approximate surface area is 86.8 Å².